The number of amides is 2. The third-order valence-electron chi connectivity index (χ3n) is 8.87. The molecule has 5 heteroatoms. The van der Waals surface area contributed by atoms with Gasteiger partial charge in [0.05, 0.1) is 17.5 Å². The molecule has 0 unspecified atom stereocenters. The minimum absolute atomic E-state index is 0.0814. The van der Waals surface area contributed by atoms with Gasteiger partial charge in [0.15, 0.2) is 0 Å². The lowest BCUT2D eigenvalue weighted by Crippen LogP contribution is -2.41. The Balaban J connectivity index is 1.29. The molecule has 0 radical (unpaired) electrons. The van der Waals surface area contributed by atoms with E-state index in [-0.39, 0.29) is 35.5 Å². The summed E-state index contributed by atoms with van der Waals surface area (Å²) in [6.45, 7) is 0. The van der Waals surface area contributed by atoms with E-state index in [4.69, 9.17) is 23.2 Å². The zero-order valence-corrected chi connectivity index (χ0v) is 18.1. The maximum atomic E-state index is 13.5. The molecule has 1 aromatic carbocycles. The normalized spacial score (nSPS) is 42.8. The highest BCUT2D eigenvalue weighted by molar-refractivity contribution is 6.35. The number of halogens is 2. The van der Waals surface area contributed by atoms with Crippen molar-refractivity contribution in [2.24, 2.45) is 47.3 Å². The van der Waals surface area contributed by atoms with E-state index in [1.54, 1.807) is 23.8 Å². The minimum Gasteiger partial charge on any atom is -0.274 e. The predicted molar refractivity (Wildman–Crippen MR) is 116 cm³/mol. The zero-order chi connectivity index (χ0) is 20.3. The molecule has 3 nitrogen and oxygen atoms in total. The summed E-state index contributed by atoms with van der Waals surface area (Å²) in [7, 11) is 0. The van der Waals surface area contributed by atoms with E-state index in [1.807, 2.05) is 0 Å². The van der Waals surface area contributed by atoms with Crippen LogP contribution in [0.3, 0.4) is 0 Å². The quantitative estimate of drug-likeness (QED) is 0.417. The first kappa shape index (κ1) is 18.0. The molecule has 1 heterocycles. The molecule has 7 aliphatic rings. The van der Waals surface area contributed by atoms with E-state index in [0.29, 0.717) is 27.6 Å². The molecule has 1 aliphatic heterocycles. The summed E-state index contributed by atoms with van der Waals surface area (Å²) in [6, 6.07) is 4.95. The number of hydrogen-bond donors (Lipinski definition) is 0. The van der Waals surface area contributed by atoms with Crippen LogP contribution < -0.4 is 4.90 Å². The van der Waals surface area contributed by atoms with Gasteiger partial charge >= 0.3 is 0 Å². The van der Waals surface area contributed by atoms with Crippen LogP contribution >= 0.6 is 23.2 Å². The lowest BCUT2D eigenvalue weighted by molar-refractivity contribution is -0.122. The third kappa shape index (κ3) is 2.23. The van der Waals surface area contributed by atoms with Crippen molar-refractivity contribution in [1.29, 1.82) is 0 Å². The van der Waals surface area contributed by atoms with Crippen LogP contribution in [0.2, 0.25) is 10.0 Å². The fraction of sp³-hybridized carbons (Fsp3) is 0.520. The number of fused-ring (bicyclic) bond motifs is 5. The summed E-state index contributed by atoms with van der Waals surface area (Å²) in [6.07, 6.45) is 11.2. The summed E-state index contributed by atoms with van der Waals surface area (Å²) in [4.78, 5) is 28.4. The van der Waals surface area contributed by atoms with Crippen LogP contribution in [0.1, 0.15) is 32.1 Å². The van der Waals surface area contributed by atoms with Crippen LogP contribution in [0.25, 0.3) is 0 Å². The molecule has 154 valence electrons. The van der Waals surface area contributed by atoms with Crippen molar-refractivity contribution in [2.45, 2.75) is 32.1 Å². The lowest BCUT2D eigenvalue weighted by Gasteiger charge is -2.52. The summed E-state index contributed by atoms with van der Waals surface area (Å²) in [5.41, 5.74) is 3.62. The van der Waals surface area contributed by atoms with Gasteiger partial charge in [-0.05, 0) is 74.0 Å². The number of anilines is 1. The van der Waals surface area contributed by atoms with Crippen LogP contribution in [0.5, 0.6) is 0 Å². The number of rotatable bonds is 1. The van der Waals surface area contributed by atoms with E-state index in [9.17, 15) is 9.59 Å². The van der Waals surface area contributed by atoms with Crippen molar-refractivity contribution in [2.75, 3.05) is 4.90 Å². The molecule has 5 saturated carbocycles. The highest BCUT2D eigenvalue weighted by Crippen LogP contribution is 2.64. The van der Waals surface area contributed by atoms with Crippen molar-refractivity contribution in [3.8, 4) is 0 Å². The average molecular weight is 440 g/mol. The first-order chi connectivity index (χ1) is 14.5. The first-order valence-electron chi connectivity index (χ1n) is 11.3. The van der Waals surface area contributed by atoms with Gasteiger partial charge in [0.2, 0.25) is 11.8 Å². The van der Waals surface area contributed by atoms with Crippen LogP contribution in [0, 0.1) is 47.3 Å². The number of imide groups is 1. The van der Waals surface area contributed by atoms with E-state index < -0.39 is 0 Å². The van der Waals surface area contributed by atoms with Crippen molar-refractivity contribution in [1.82, 2.24) is 0 Å². The molecule has 1 aromatic rings. The number of carbonyl (C=O) groups is 2. The van der Waals surface area contributed by atoms with Crippen molar-refractivity contribution >= 4 is 40.7 Å². The number of hydrogen-bond acceptors (Lipinski definition) is 2. The molecular formula is C25H23Cl2NO2. The Kier molecular flexibility index (Phi) is 3.61. The fourth-order valence-corrected chi connectivity index (χ4v) is 8.75. The molecule has 2 amide bonds. The Labute approximate surface area is 186 Å². The molecule has 6 bridgehead atoms. The molecular weight excluding hydrogens is 417 g/mol. The smallest absolute Gasteiger partial charge is 0.238 e. The van der Waals surface area contributed by atoms with Crippen molar-refractivity contribution in [3.63, 3.8) is 0 Å². The molecule has 6 aliphatic carbocycles. The molecule has 0 N–H and O–H groups in total. The number of benzene rings is 1. The van der Waals surface area contributed by atoms with Crippen molar-refractivity contribution < 1.29 is 9.59 Å². The second-order valence-electron chi connectivity index (χ2n) is 10.3. The Morgan fingerprint density at radius 3 is 1.70 bits per heavy atom. The highest BCUT2D eigenvalue weighted by atomic mass is 35.5. The highest BCUT2D eigenvalue weighted by Gasteiger charge is 2.63. The van der Waals surface area contributed by atoms with Crippen LogP contribution in [-0.4, -0.2) is 11.8 Å². The lowest BCUT2D eigenvalue weighted by atomic mass is 9.53. The molecule has 0 aromatic heterocycles. The van der Waals surface area contributed by atoms with E-state index in [2.05, 4.69) is 12.2 Å². The zero-order valence-electron chi connectivity index (χ0n) is 16.6. The van der Waals surface area contributed by atoms with Gasteiger partial charge in [0.25, 0.3) is 0 Å². The number of allylic oxidation sites excluding steroid dienone is 4. The van der Waals surface area contributed by atoms with Gasteiger partial charge in [-0.15, -0.1) is 0 Å². The van der Waals surface area contributed by atoms with E-state index >= 15 is 0 Å². The van der Waals surface area contributed by atoms with E-state index in [0.717, 1.165) is 11.8 Å². The third-order valence-corrected chi connectivity index (χ3v) is 9.31. The van der Waals surface area contributed by atoms with Gasteiger partial charge in [0.1, 0.15) is 0 Å². The Bertz CT molecular complexity index is 989. The SMILES string of the molecule is O=C1[C@H]2[C@H](C(=O)N1c1cc(Cl)cc(Cl)c1)[C@H]1C=C[C@H]2C1=C1C2CC3CC(C2)CC1C3. The monoisotopic (exact) mass is 439 g/mol. The van der Waals surface area contributed by atoms with Gasteiger partial charge < -0.3 is 0 Å². The predicted octanol–water partition coefficient (Wildman–Crippen LogP) is 5.67. The van der Waals surface area contributed by atoms with Gasteiger partial charge in [-0.25, -0.2) is 4.90 Å². The van der Waals surface area contributed by atoms with E-state index in [1.165, 1.54) is 42.6 Å². The van der Waals surface area contributed by atoms with Gasteiger partial charge in [-0.1, -0.05) is 46.5 Å². The maximum absolute atomic E-state index is 13.5. The Morgan fingerprint density at radius 1 is 0.700 bits per heavy atom. The average Bonchev–Trinajstić information content (AvgIpc) is 3.30. The fourth-order valence-electron chi connectivity index (χ4n) is 8.23. The molecule has 8 rings (SSSR count). The summed E-state index contributed by atoms with van der Waals surface area (Å²) in [5.74, 6) is 2.75. The second kappa shape index (κ2) is 6.01. The summed E-state index contributed by atoms with van der Waals surface area (Å²) < 4.78 is 0. The van der Waals surface area contributed by atoms with Crippen LogP contribution in [0.4, 0.5) is 5.69 Å². The molecule has 1 saturated heterocycles. The maximum Gasteiger partial charge on any atom is 0.238 e. The minimum atomic E-state index is -0.259. The summed E-state index contributed by atoms with van der Waals surface area (Å²) >= 11 is 12.3. The first-order valence-corrected chi connectivity index (χ1v) is 12.0. The number of nitrogens with zero attached hydrogens (tertiary/aromatic N) is 1. The topological polar surface area (TPSA) is 37.4 Å². The Morgan fingerprint density at radius 2 is 1.20 bits per heavy atom. The van der Waals surface area contributed by atoms with Gasteiger partial charge in [-0.3, -0.25) is 9.59 Å². The van der Waals surface area contributed by atoms with Gasteiger partial charge in [0, 0.05) is 21.9 Å². The van der Waals surface area contributed by atoms with Gasteiger partial charge in [-0.2, -0.15) is 0 Å². The standard InChI is InChI=1S/C25H23Cl2NO2/c26-15-8-16(27)10-17(9-15)28-24(29)22-18-1-2-19(23(22)25(28)30)21(18)20-13-4-11-3-12(6-13)7-14(20)5-11/h1-2,8-14,18-19,22-23H,3-7H2/t11?,12?,13?,14?,18-,19-,22+,23+/m0/s1. The summed E-state index contributed by atoms with van der Waals surface area (Å²) in [5, 5.41) is 0.875. The van der Waals surface area contributed by atoms with Crippen LogP contribution in [0.15, 0.2) is 41.5 Å². The molecule has 30 heavy (non-hydrogen) atoms. The van der Waals surface area contributed by atoms with Crippen molar-refractivity contribution in [3.05, 3.63) is 51.5 Å². The Hall–Kier alpha value is -1.58. The molecule has 6 fully saturated rings. The van der Waals surface area contributed by atoms with Crippen LogP contribution in [-0.2, 0) is 9.59 Å². The molecule has 0 spiro atoms. The molecule has 4 atom stereocenters. The second-order valence-corrected chi connectivity index (χ2v) is 11.2. The largest absolute Gasteiger partial charge is 0.274 e. The number of carbonyl (C=O) groups excluding carboxylic acids is 2.